The number of aromatic carboxylic acids is 1. The fraction of sp³-hybridized carbons (Fsp3) is 0.579. The van der Waals surface area contributed by atoms with E-state index in [-0.39, 0.29) is 11.4 Å². The summed E-state index contributed by atoms with van der Waals surface area (Å²) < 4.78 is 0. The van der Waals surface area contributed by atoms with Crippen LogP contribution in [0.2, 0.25) is 0 Å². The maximum atomic E-state index is 12.0. The third-order valence-electron chi connectivity index (χ3n) is 4.30. The van der Waals surface area contributed by atoms with Gasteiger partial charge in [-0.25, -0.2) is 4.79 Å². The van der Waals surface area contributed by atoms with Gasteiger partial charge in [0.2, 0.25) is 5.91 Å². The first-order valence-corrected chi connectivity index (χ1v) is 8.61. The SMILES string of the molecule is CC(C)(C)NC(=O)CCN1CCC[C@H](c2ccc(C(=O)O)cc2)C1. The molecule has 24 heavy (non-hydrogen) atoms. The summed E-state index contributed by atoms with van der Waals surface area (Å²) >= 11 is 0. The number of likely N-dealkylation sites (tertiary alicyclic amines) is 1. The van der Waals surface area contributed by atoms with E-state index in [4.69, 9.17) is 5.11 Å². The van der Waals surface area contributed by atoms with E-state index in [2.05, 4.69) is 10.2 Å². The molecule has 0 bridgehead atoms. The van der Waals surface area contributed by atoms with Crippen molar-refractivity contribution in [1.29, 1.82) is 0 Å². The largest absolute Gasteiger partial charge is 0.478 e. The molecule has 0 aliphatic carbocycles. The minimum Gasteiger partial charge on any atom is -0.478 e. The van der Waals surface area contributed by atoms with Gasteiger partial charge in [0.1, 0.15) is 0 Å². The van der Waals surface area contributed by atoms with Crippen molar-refractivity contribution in [3.63, 3.8) is 0 Å². The zero-order valence-electron chi connectivity index (χ0n) is 14.8. The third kappa shape index (κ3) is 5.64. The number of nitrogens with one attached hydrogen (secondary N) is 1. The van der Waals surface area contributed by atoms with Gasteiger partial charge in [0.05, 0.1) is 5.56 Å². The zero-order valence-corrected chi connectivity index (χ0v) is 14.8. The van der Waals surface area contributed by atoms with Gasteiger partial charge < -0.3 is 15.3 Å². The minimum atomic E-state index is -0.892. The molecule has 5 heteroatoms. The molecule has 1 amide bonds. The molecule has 0 spiro atoms. The number of carboxylic acids is 1. The normalized spacial score (nSPS) is 19.0. The third-order valence-corrected chi connectivity index (χ3v) is 4.30. The Hall–Kier alpha value is -1.88. The molecule has 1 aromatic carbocycles. The molecule has 1 saturated heterocycles. The Morgan fingerprint density at radius 3 is 2.50 bits per heavy atom. The first kappa shape index (κ1) is 18.5. The Labute approximate surface area is 144 Å². The summed E-state index contributed by atoms with van der Waals surface area (Å²) in [6, 6.07) is 7.19. The van der Waals surface area contributed by atoms with Gasteiger partial charge in [-0.05, 0) is 63.8 Å². The smallest absolute Gasteiger partial charge is 0.335 e. The van der Waals surface area contributed by atoms with E-state index in [9.17, 15) is 9.59 Å². The van der Waals surface area contributed by atoms with Gasteiger partial charge in [0, 0.05) is 25.0 Å². The molecule has 1 aliphatic rings. The first-order valence-electron chi connectivity index (χ1n) is 8.61. The predicted octanol–water partition coefficient (Wildman–Crippen LogP) is 2.87. The molecule has 1 heterocycles. The number of amides is 1. The Balaban J connectivity index is 1.87. The van der Waals surface area contributed by atoms with Crippen LogP contribution < -0.4 is 5.32 Å². The van der Waals surface area contributed by atoms with Crippen molar-refractivity contribution < 1.29 is 14.7 Å². The van der Waals surface area contributed by atoms with Crippen LogP contribution in [-0.2, 0) is 4.79 Å². The van der Waals surface area contributed by atoms with Crippen molar-refractivity contribution in [2.45, 2.75) is 51.5 Å². The van der Waals surface area contributed by atoms with Crippen LogP contribution in [0.4, 0.5) is 0 Å². The number of hydrogen-bond acceptors (Lipinski definition) is 3. The molecule has 132 valence electrons. The Kier molecular flexibility index (Phi) is 5.99. The molecule has 0 aromatic heterocycles. The van der Waals surface area contributed by atoms with E-state index in [1.54, 1.807) is 12.1 Å². The van der Waals surface area contributed by atoms with Crippen LogP contribution >= 0.6 is 0 Å². The average molecular weight is 332 g/mol. The van der Waals surface area contributed by atoms with Crippen molar-refractivity contribution >= 4 is 11.9 Å². The Morgan fingerprint density at radius 1 is 1.25 bits per heavy atom. The highest BCUT2D eigenvalue weighted by Gasteiger charge is 2.22. The summed E-state index contributed by atoms with van der Waals surface area (Å²) in [5.74, 6) is -0.389. The van der Waals surface area contributed by atoms with E-state index in [1.807, 2.05) is 32.9 Å². The van der Waals surface area contributed by atoms with Crippen molar-refractivity contribution in [1.82, 2.24) is 10.2 Å². The number of piperidine rings is 1. The molecule has 1 aromatic rings. The van der Waals surface area contributed by atoms with Crippen molar-refractivity contribution in [2.24, 2.45) is 0 Å². The van der Waals surface area contributed by atoms with E-state index < -0.39 is 5.97 Å². The molecule has 2 N–H and O–H groups in total. The zero-order chi connectivity index (χ0) is 17.7. The van der Waals surface area contributed by atoms with Crippen molar-refractivity contribution in [3.8, 4) is 0 Å². The molecular formula is C19H28N2O3. The van der Waals surface area contributed by atoms with E-state index in [0.29, 0.717) is 17.9 Å². The lowest BCUT2D eigenvalue weighted by atomic mass is 9.90. The fourth-order valence-electron chi connectivity index (χ4n) is 3.17. The molecule has 0 radical (unpaired) electrons. The Morgan fingerprint density at radius 2 is 1.92 bits per heavy atom. The molecule has 1 aliphatic heterocycles. The maximum Gasteiger partial charge on any atom is 0.335 e. The number of benzene rings is 1. The summed E-state index contributed by atoms with van der Waals surface area (Å²) in [5, 5.41) is 12.0. The molecular weight excluding hydrogens is 304 g/mol. The van der Waals surface area contributed by atoms with Gasteiger partial charge in [-0.3, -0.25) is 4.79 Å². The van der Waals surface area contributed by atoms with E-state index >= 15 is 0 Å². The molecule has 0 unspecified atom stereocenters. The standard InChI is InChI=1S/C19H28N2O3/c1-19(2,3)20-17(22)10-12-21-11-4-5-16(13-21)14-6-8-15(9-7-14)18(23)24/h6-9,16H,4-5,10-13H2,1-3H3,(H,20,22)(H,23,24)/t16-/m0/s1. The van der Waals surface area contributed by atoms with Gasteiger partial charge >= 0.3 is 5.97 Å². The van der Waals surface area contributed by atoms with E-state index in [0.717, 1.165) is 32.5 Å². The molecule has 1 atom stereocenters. The minimum absolute atomic E-state index is 0.0930. The molecule has 2 rings (SSSR count). The fourth-order valence-corrected chi connectivity index (χ4v) is 3.17. The van der Waals surface area contributed by atoms with Crippen LogP contribution in [0.3, 0.4) is 0 Å². The van der Waals surface area contributed by atoms with Crippen LogP contribution in [0.1, 0.15) is 61.9 Å². The summed E-state index contributed by atoms with van der Waals surface area (Å²) in [5.41, 5.74) is 1.32. The van der Waals surface area contributed by atoms with E-state index in [1.165, 1.54) is 5.56 Å². The van der Waals surface area contributed by atoms with Crippen molar-refractivity contribution in [2.75, 3.05) is 19.6 Å². The van der Waals surface area contributed by atoms with Crippen LogP contribution in [0.5, 0.6) is 0 Å². The first-order chi connectivity index (χ1) is 11.2. The van der Waals surface area contributed by atoms with Crippen LogP contribution in [-0.4, -0.2) is 47.1 Å². The van der Waals surface area contributed by atoms with Gasteiger partial charge in [0.15, 0.2) is 0 Å². The topological polar surface area (TPSA) is 69.6 Å². The summed E-state index contributed by atoms with van der Waals surface area (Å²) in [6.45, 7) is 8.68. The second kappa shape index (κ2) is 7.79. The number of carboxylic acid groups (broad SMARTS) is 1. The second-order valence-corrected chi connectivity index (χ2v) is 7.62. The number of carbonyl (C=O) groups excluding carboxylic acids is 1. The van der Waals surface area contributed by atoms with Crippen LogP contribution in [0.15, 0.2) is 24.3 Å². The van der Waals surface area contributed by atoms with Gasteiger partial charge in [-0.2, -0.15) is 0 Å². The van der Waals surface area contributed by atoms with Crippen LogP contribution in [0, 0.1) is 0 Å². The lowest BCUT2D eigenvalue weighted by Gasteiger charge is -2.33. The average Bonchev–Trinajstić information content (AvgIpc) is 2.52. The molecule has 5 nitrogen and oxygen atoms in total. The monoisotopic (exact) mass is 332 g/mol. The maximum absolute atomic E-state index is 12.0. The highest BCUT2D eigenvalue weighted by atomic mass is 16.4. The van der Waals surface area contributed by atoms with Crippen LogP contribution in [0.25, 0.3) is 0 Å². The summed E-state index contributed by atoms with van der Waals surface area (Å²) in [6.07, 6.45) is 2.73. The van der Waals surface area contributed by atoms with Gasteiger partial charge in [-0.1, -0.05) is 12.1 Å². The molecule has 0 saturated carbocycles. The highest BCUT2D eigenvalue weighted by molar-refractivity contribution is 5.87. The van der Waals surface area contributed by atoms with Crippen molar-refractivity contribution in [3.05, 3.63) is 35.4 Å². The lowest BCUT2D eigenvalue weighted by Crippen LogP contribution is -2.43. The quantitative estimate of drug-likeness (QED) is 0.870. The number of nitrogens with zero attached hydrogens (tertiary/aromatic N) is 1. The predicted molar refractivity (Wildman–Crippen MR) is 94.3 cm³/mol. The lowest BCUT2D eigenvalue weighted by molar-refractivity contribution is -0.122. The number of carbonyl (C=O) groups is 2. The molecule has 1 fully saturated rings. The summed E-state index contributed by atoms with van der Waals surface area (Å²) in [7, 11) is 0. The number of rotatable bonds is 5. The van der Waals surface area contributed by atoms with Gasteiger partial charge in [-0.15, -0.1) is 0 Å². The second-order valence-electron chi connectivity index (χ2n) is 7.62. The number of hydrogen-bond donors (Lipinski definition) is 2. The van der Waals surface area contributed by atoms with Gasteiger partial charge in [0.25, 0.3) is 0 Å². The Bertz CT molecular complexity index is 575. The highest BCUT2D eigenvalue weighted by Crippen LogP contribution is 2.27. The summed E-state index contributed by atoms with van der Waals surface area (Å²) in [4.78, 5) is 25.2.